The Labute approximate surface area is 156 Å². The minimum absolute atomic E-state index is 0.156. The third-order valence-electron chi connectivity index (χ3n) is 3.65. The van der Waals surface area contributed by atoms with Gasteiger partial charge in [0.05, 0.1) is 19.8 Å². The molecule has 0 aromatic heterocycles. The molecule has 0 unspecified atom stereocenters. The molecule has 0 fully saturated rings. The fraction of sp³-hybridized carbons (Fsp3) is 0.150. The highest BCUT2D eigenvalue weighted by molar-refractivity contribution is 6.00. The number of nitrogens with two attached hydrogens (primary N) is 1. The van der Waals surface area contributed by atoms with Gasteiger partial charge >= 0.3 is 5.97 Å². The fourth-order valence-corrected chi connectivity index (χ4v) is 2.23. The van der Waals surface area contributed by atoms with E-state index in [1.165, 1.54) is 20.3 Å². The maximum atomic E-state index is 11.4. The Bertz CT molecular complexity index is 911. The van der Waals surface area contributed by atoms with Crippen LogP contribution in [0.15, 0.2) is 48.0 Å². The van der Waals surface area contributed by atoms with Crippen molar-refractivity contribution in [1.82, 2.24) is 0 Å². The lowest BCUT2D eigenvalue weighted by atomic mass is 10.1. The monoisotopic (exact) mass is 366 g/mol. The normalized spacial score (nSPS) is 10.6. The van der Waals surface area contributed by atoms with E-state index in [-0.39, 0.29) is 12.2 Å². The summed E-state index contributed by atoms with van der Waals surface area (Å²) in [5, 5.41) is 8.91. The van der Waals surface area contributed by atoms with E-state index in [2.05, 4.69) is 4.74 Å². The van der Waals surface area contributed by atoms with E-state index in [0.29, 0.717) is 22.6 Å². The zero-order chi connectivity index (χ0) is 19.8. The third kappa shape index (κ3) is 5.09. The summed E-state index contributed by atoms with van der Waals surface area (Å²) in [7, 11) is 2.81. The molecule has 2 rings (SSSR count). The number of carbonyl (C=O) groups excluding carboxylic acids is 2. The second kappa shape index (κ2) is 9.06. The number of esters is 1. The number of primary amides is 1. The lowest BCUT2D eigenvalue weighted by Gasteiger charge is -2.12. The summed E-state index contributed by atoms with van der Waals surface area (Å²) in [4.78, 5) is 22.6. The zero-order valence-electron chi connectivity index (χ0n) is 14.9. The number of hydrogen-bond acceptors (Lipinski definition) is 6. The number of carbonyl (C=O) groups is 2. The molecule has 0 radical (unpaired) electrons. The van der Waals surface area contributed by atoms with Gasteiger partial charge in [0.2, 0.25) is 0 Å². The summed E-state index contributed by atoms with van der Waals surface area (Å²) in [5.74, 6) is -0.270. The minimum atomic E-state index is -0.799. The standard InChI is InChI=1S/C20H18N2O5/c1-25-18-10-14(9-16(11-21)19(22)23)5-8-17(18)27-12-13-3-6-15(7-4-13)20(24)26-2/h3-10H,12H2,1-2H3,(H2,22,23)/b16-9+. The number of amides is 1. The fourth-order valence-electron chi connectivity index (χ4n) is 2.23. The van der Waals surface area contributed by atoms with Crippen LogP contribution < -0.4 is 15.2 Å². The number of nitriles is 1. The summed E-state index contributed by atoms with van der Waals surface area (Å²) in [6.07, 6.45) is 1.38. The van der Waals surface area contributed by atoms with E-state index in [1.807, 2.05) is 0 Å². The smallest absolute Gasteiger partial charge is 0.337 e. The summed E-state index contributed by atoms with van der Waals surface area (Å²) in [6, 6.07) is 13.6. The van der Waals surface area contributed by atoms with Crippen molar-refractivity contribution in [1.29, 1.82) is 5.26 Å². The van der Waals surface area contributed by atoms with Crippen molar-refractivity contribution in [3.8, 4) is 17.6 Å². The number of benzene rings is 2. The molecular weight excluding hydrogens is 348 g/mol. The molecular formula is C20H18N2O5. The molecule has 138 valence electrons. The van der Waals surface area contributed by atoms with Gasteiger partial charge in [0, 0.05) is 0 Å². The summed E-state index contributed by atoms with van der Waals surface area (Å²) >= 11 is 0. The lowest BCUT2D eigenvalue weighted by molar-refractivity contribution is -0.114. The quantitative estimate of drug-likeness (QED) is 0.458. The SMILES string of the molecule is COC(=O)c1ccc(COc2ccc(/C=C(\C#N)C(N)=O)cc2OC)cc1. The first-order valence-electron chi connectivity index (χ1n) is 7.88. The molecule has 7 heteroatoms. The van der Waals surface area contributed by atoms with Crippen LogP contribution in [-0.4, -0.2) is 26.1 Å². The molecule has 0 aliphatic carbocycles. The van der Waals surface area contributed by atoms with Gasteiger partial charge in [-0.05, 0) is 41.5 Å². The van der Waals surface area contributed by atoms with Gasteiger partial charge in [0.15, 0.2) is 11.5 Å². The average Bonchev–Trinajstić information content (AvgIpc) is 2.70. The van der Waals surface area contributed by atoms with Gasteiger partial charge in [-0.2, -0.15) is 5.26 Å². The molecule has 0 aliphatic rings. The van der Waals surface area contributed by atoms with Crippen LogP contribution in [0, 0.1) is 11.3 Å². The summed E-state index contributed by atoms with van der Waals surface area (Å²) in [6.45, 7) is 0.262. The highest BCUT2D eigenvalue weighted by Crippen LogP contribution is 2.29. The average molecular weight is 366 g/mol. The van der Waals surface area contributed by atoms with Crippen LogP contribution in [0.4, 0.5) is 0 Å². The molecule has 0 saturated heterocycles. The Morgan fingerprint density at radius 2 is 1.81 bits per heavy atom. The van der Waals surface area contributed by atoms with Crippen LogP contribution in [0.25, 0.3) is 6.08 Å². The lowest BCUT2D eigenvalue weighted by Crippen LogP contribution is -2.12. The van der Waals surface area contributed by atoms with Crippen LogP contribution in [0.5, 0.6) is 11.5 Å². The maximum Gasteiger partial charge on any atom is 0.337 e. The first-order chi connectivity index (χ1) is 13.0. The highest BCUT2D eigenvalue weighted by Gasteiger charge is 2.09. The van der Waals surface area contributed by atoms with E-state index < -0.39 is 11.9 Å². The van der Waals surface area contributed by atoms with Crippen molar-refractivity contribution in [2.45, 2.75) is 6.61 Å². The highest BCUT2D eigenvalue weighted by atomic mass is 16.5. The number of rotatable bonds is 7. The molecule has 7 nitrogen and oxygen atoms in total. The molecule has 2 aromatic rings. The maximum absolute atomic E-state index is 11.4. The summed E-state index contributed by atoms with van der Waals surface area (Å²) in [5.41, 5.74) is 6.87. The molecule has 0 atom stereocenters. The van der Waals surface area contributed by atoms with Gasteiger partial charge in [-0.1, -0.05) is 18.2 Å². The second-order valence-corrected chi connectivity index (χ2v) is 5.42. The van der Waals surface area contributed by atoms with Crippen LogP contribution in [0.1, 0.15) is 21.5 Å². The molecule has 0 saturated carbocycles. The van der Waals surface area contributed by atoms with Gasteiger partial charge in [-0.25, -0.2) is 4.79 Å². The van der Waals surface area contributed by atoms with Crippen molar-refractivity contribution in [3.63, 3.8) is 0 Å². The van der Waals surface area contributed by atoms with Gasteiger partial charge < -0.3 is 19.9 Å². The Balaban J connectivity index is 2.14. The molecule has 0 bridgehead atoms. The van der Waals surface area contributed by atoms with Crippen molar-refractivity contribution >= 4 is 18.0 Å². The number of hydrogen-bond donors (Lipinski definition) is 1. The van der Waals surface area contributed by atoms with Crippen molar-refractivity contribution < 1.29 is 23.8 Å². The Morgan fingerprint density at radius 3 is 2.37 bits per heavy atom. The Morgan fingerprint density at radius 1 is 1.11 bits per heavy atom. The van der Waals surface area contributed by atoms with Gasteiger partial charge in [0.25, 0.3) is 5.91 Å². The predicted molar refractivity (Wildman–Crippen MR) is 97.9 cm³/mol. The second-order valence-electron chi connectivity index (χ2n) is 5.42. The topological polar surface area (TPSA) is 112 Å². The van der Waals surface area contributed by atoms with E-state index in [9.17, 15) is 9.59 Å². The van der Waals surface area contributed by atoms with E-state index in [4.69, 9.17) is 20.5 Å². The predicted octanol–water partition coefficient (Wildman–Crippen LogP) is 2.45. The van der Waals surface area contributed by atoms with E-state index in [1.54, 1.807) is 48.5 Å². The molecule has 2 N–H and O–H groups in total. The van der Waals surface area contributed by atoms with Crippen molar-refractivity contribution in [2.75, 3.05) is 14.2 Å². The Kier molecular flexibility index (Phi) is 6.55. The van der Waals surface area contributed by atoms with Gasteiger partial charge in [-0.15, -0.1) is 0 Å². The van der Waals surface area contributed by atoms with Crippen LogP contribution in [-0.2, 0) is 16.1 Å². The Hall–Kier alpha value is -3.79. The summed E-state index contributed by atoms with van der Waals surface area (Å²) < 4.78 is 15.7. The van der Waals surface area contributed by atoms with Gasteiger partial charge in [-0.3, -0.25) is 4.79 Å². The number of methoxy groups -OCH3 is 2. The van der Waals surface area contributed by atoms with E-state index in [0.717, 1.165) is 5.56 Å². The molecule has 1 amide bonds. The number of ether oxygens (including phenoxy) is 3. The first-order valence-corrected chi connectivity index (χ1v) is 7.88. The first kappa shape index (κ1) is 19.5. The van der Waals surface area contributed by atoms with Crippen LogP contribution in [0.2, 0.25) is 0 Å². The largest absolute Gasteiger partial charge is 0.493 e. The number of nitrogens with zero attached hydrogens (tertiary/aromatic N) is 1. The third-order valence-corrected chi connectivity index (χ3v) is 3.65. The minimum Gasteiger partial charge on any atom is -0.493 e. The van der Waals surface area contributed by atoms with Crippen LogP contribution in [0.3, 0.4) is 0 Å². The van der Waals surface area contributed by atoms with Gasteiger partial charge in [0.1, 0.15) is 18.2 Å². The van der Waals surface area contributed by atoms with Crippen molar-refractivity contribution in [2.24, 2.45) is 5.73 Å². The molecule has 27 heavy (non-hydrogen) atoms. The molecule has 0 spiro atoms. The zero-order valence-corrected chi connectivity index (χ0v) is 14.9. The molecule has 0 heterocycles. The van der Waals surface area contributed by atoms with Crippen LogP contribution >= 0.6 is 0 Å². The van der Waals surface area contributed by atoms with E-state index >= 15 is 0 Å². The van der Waals surface area contributed by atoms with Crippen molar-refractivity contribution in [3.05, 3.63) is 64.7 Å². The molecule has 0 aliphatic heterocycles. The molecule has 2 aromatic carbocycles.